The van der Waals surface area contributed by atoms with Gasteiger partial charge < -0.3 is 10.6 Å². The fourth-order valence-electron chi connectivity index (χ4n) is 5.59. The van der Waals surface area contributed by atoms with Gasteiger partial charge in [-0.2, -0.15) is 0 Å². The normalized spacial score (nSPS) is 11.4. The van der Waals surface area contributed by atoms with E-state index in [0.717, 1.165) is 12.8 Å². The largest absolute Gasteiger partial charge is 0.326 e. The fraction of sp³-hybridized carbons (Fsp3) is 0.641. The summed E-state index contributed by atoms with van der Waals surface area (Å²) in [7, 11) is 0. The molecule has 2 aromatic rings. The minimum Gasteiger partial charge on any atom is -0.326 e. The Kier molecular flexibility index (Phi) is 18.7. The molecule has 43 heavy (non-hydrogen) atoms. The number of nitrogens with one attached hydrogen (secondary N) is 2. The van der Waals surface area contributed by atoms with Gasteiger partial charge in [-0.15, -0.1) is 0 Å². The highest BCUT2D eigenvalue weighted by molar-refractivity contribution is 6.04. The topological polar surface area (TPSA) is 58.2 Å². The van der Waals surface area contributed by atoms with Gasteiger partial charge in [-0.3, -0.25) is 9.59 Å². The van der Waals surface area contributed by atoms with Crippen LogP contribution in [0.3, 0.4) is 0 Å². The molecule has 2 amide bonds. The summed E-state index contributed by atoms with van der Waals surface area (Å²) in [4.78, 5) is 25.2. The Morgan fingerprint density at radius 1 is 0.558 bits per heavy atom. The van der Waals surface area contributed by atoms with Crippen LogP contribution in [-0.2, 0) is 10.2 Å². The lowest BCUT2D eigenvalue weighted by Crippen LogP contribution is -2.15. The highest BCUT2D eigenvalue weighted by Gasteiger charge is 2.14. The maximum Gasteiger partial charge on any atom is 0.255 e. The van der Waals surface area contributed by atoms with Gasteiger partial charge in [0.2, 0.25) is 5.91 Å². The number of unbranched alkanes of at least 4 members (excludes halogenated alkanes) is 18. The molecule has 0 aliphatic rings. The smallest absolute Gasteiger partial charge is 0.255 e. The predicted molar refractivity (Wildman–Crippen MR) is 186 cm³/mol. The van der Waals surface area contributed by atoms with E-state index in [2.05, 4.69) is 38.3 Å². The quantitative estimate of drug-likeness (QED) is 0.126. The summed E-state index contributed by atoms with van der Waals surface area (Å²) in [5, 5.41) is 5.93. The van der Waals surface area contributed by atoms with Crippen LogP contribution in [0.4, 0.5) is 11.4 Å². The lowest BCUT2D eigenvalue weighted by atomic mass is 9.87. The molecular formula is C39H62N2O2. The van der Waals surface area contributed by atoms with Gasteiger partial charge in [0.1, 0.15) is 0 Å². The number of amides is 2. The SMILES string of the molecule is CCCCCCCCCCCCCCCCCCCCCC(=O)Nc1cccc(NC(=O)c2ccc(C(C)(C)C)cc2)c1. The molecule has 0 spiro atoms. The van der Waals surface area contributed by atoms with Gasteiger partial charge in [-0.25, -0.2) is 0 Å². The summed E-state index contributed by atoms with van der Waals surface area (Å²) in [6.07, 6.45) is 26.2. The van der Waals surface area contributed by atoms with Gasteiger partial charge in [0.15, 0.2) is 0 Å². The van der Waals surface area contributed by atoms with Crippen molar-refractivity contribution in [1.29, 1.82) is 0 Å². The third-order valence-electron chi connectivity index (χ3n) is 8.42. The second-order valence-corrected chi connectivity index (χ2v) is 13.5. The van der Waals surface area contributed by atoms with Crippen molar-refractivity contribution in [2.45, 2.75) is 162 Å². The minimum absolute atomic E-state index is 0.0354. The molecule has 0 aliphatic heterocycles. The number of hydrogen-bond donors (Lipinski definition) is 2. The van der Waals surface area contributed by atoms with Gasteiger partial charge in [0, 0.05) is 23.4 Å². The summed E-state index contributed by atoms with van der Waals surface area (Å²) >= 11 is 0. The van der Waals surface area contributed by atoms with Crippen molar-refractivity contribution < 1.29 is 9.59 Å². The van der Waals surface area contributed by atoms with Gasteiger partial charge in [-0.05, 0) is 47.7 Å². The average Bonchev–Trinajstić information content (AvgIpc) is 2.98. The van der Waals surface area contributed by atoms with Crippen LogP contribution in [0.2, 0.25) is 0 Å². The summed E-state index contributed by atoms with van der Waals surface area (Å²) in [6.45, 7) is 8.76. The number of carbonyl (C=O) groups is 2. The van der Waals surface area contributed by atoms with Crippen LogP contribution in [0.25, 0.3) is 0 Å². The second kappa shape index (κ2) is 22.0. The predicted octanol–water partition coefficient (Wildman–Crippen LogP) is 12.0. The molecule has 0 fully saturated rings. The summed E-state index contributed by atoms with van der Waals surface area (Å²) in [5.41, 5.74) is 3.24. The molecule has 2 rings (SSSR count). The molecule has 0 heterocycles. The molecule has 0 saturated carbocycles. The van der Waals surface area contributed by atoms with E-state index in [4.69, 9.17) is 0 Å². The van der Waals surface area contributed by atoms with Gasteiger partial charge in [0.25, 0.3) is 5.91 Å². The number of rotatable bonds is 23. The molecule has 0 unspecified atom stereocenters. The Morgan fingerprint density at radius 3 is 1.42 bits per heavy atom. The Balaban J connectivity index is 1.46. The molecule has 2 N–H and O–H groups in total. The van der Waals surface area contributed by atoms with E-state index in [1.807, 2.05) is 48.5 Å². The van der Waals surface area contributed by atoms with Crippen LogP contribution in [0.1, 0.15) is 172 Å². The molecule has 0 atom stereocenters. The van der Waals surface area contributed by atoms with E-state index < -0.39 is 0 Å². The van der Waals surface area contributed by atoms with Crippen molar-refractivity contribution in [3.8, 4) is 0 Å². The van der Waals surface area contributed by atoms with E-state index in [9.17, 15) is 9.59 Å². The fourth-order valence-corrected chi connectivity index (χ4v) is 5.59. The van der Waals surface area contributed by atoms with Gasteiger partial charge >= 0.3 is 0 Å². The van der Waals surface area contributed by atoms with E-state index >= 15 is 0 Å². The Labute approximate surface area is 264 Å². The van der Waals surface area contributed by atoms with Crippen molar-refractivity contribution in [1.82, 2.24) is 0 Å². The number of anilines is 2. The first kappa shape index (κ1) is 36.6. The standard InChI is InChI=1S/C39H62N2O2/c1-5-6-7-8-9-10-11-12-13-14-15-16-17-18-19-20-21-22-23-27-37(42)40-35-25-24-26-36(32-35)41-38(43)33-28-30-34(31-29-33)39(2,3)4/h24-26,28-32H,5-23,27H2,1-4H3,(H,40,42)(H,41,43). The molecule has 240 valence electrons. The molecule has 0 radical (unpaired) electrons. The lowest BCUT2D eigenvalue weighted by molar-refractivity contribution is -0.116. The minimum atomic E-state index is -0.155. The maximum atomic E-state index is 12.7. The summed E-state index contributed by atoms with van der Waals surface area (Å²) < 4.78 is 0. The number of hydrogen-bond acceptors (Lipinski definition) is 2. The van der Waals surface area contributed by atoms with Crippen LogP contribution in [0.15, 0.2) is 48.5 Å². The zero-order chi connectivity index (χ0) is 31.2. The zero-order valence-electron chi connectivity index (χ0n) is 28.1. The number of benzene rings is 2. The van der Waals surface area contributed by atoms with Crippen LogP contribution < -0.4 is 10.6 Å². The Morgan fingerprint density at radius 2 is 0.977 bits per heavy atom. The van der Waals surface area contributed by atoms with Crippen LogP contribution in [0.5, 0.6) is 0 Å². The van der Waals surface area contributed by atoms with Crippen LogP contribution >= 0.6 is 0 Å². The van der Waals surface area contributed by atoms with E-state index in [1.54, 1.807) is 0 Å². The van der Waals surface area contributed by atoms with Gasteiger partial charge in [-0.1, -0.05) is 161 Å². The van der Waals surface area contributed by atoms with Crippen molar-refractivity contribution in [2.24, 2.45) is 0 Å². The van der Waals surface area contributed by atoms with Gasteiger partial charge in [0.05, 0.1) is 0 Å². The molecule has 4 nitrogen and oxygen atoms in total. The van der Waals surface area contributed by atoms with Crippen LogP contribution in [0, 0.1) is 0 Å². The van der Waals surface area contributed by atoms with Crippen molar-refractivity contribution in [2.75, 3.05) is 10.6 Å². The molecule has 4 heteroatoms. The first-order valence-electron chi connectivity index (χ1n) is 17.6. The Bertz CT molecular complexity index is 1020. The van der Waals surface area contributed by atoms with Crippen molar-refractivity contribution >= 4 is 23.2 Å². The third-order valence-corrected chi connectivity index (χ3v) is 8.42. The maximum absolute atomic E-state index is 12.7. The van der Waals surface area contributed by atoms with E-state index in [1.165, 1.54) is 115 Å². The molecule has 0 bridgehead atoms. The highest BCUT2D eigenvalue weighted by atomic mass is 16.2. The molecule has 2 aromatic carbocycles. The third kappa shape index (κ3) is 17.3. The molecule has 0 saturated heterocycles. The number of carbonyl (C=O) groups excluding carboxylic acids is 2. The Hall–Kier alpha value is -2.62. The lowest BCUT2D eigenvalue weighted by Gasteiger charge is -2.19. The first-order valence-corrected chi connectivity index (χ1v) is 17.6. The summed E-state index contributed by atoms with van der Waals surface area (Å²) in [5.74, 6) is -0.119. The molecule has 0 aromatic heterocycles. The summed E-state index contributed by atoms with van der Waals surface area (Å²) in [6, 6.07) is 15.1. The monoisotopic (exact) mass is 590 g/mol. The van der Waals surface area contributed by atoms with E-state index in [-0.39, 0.29) is 17.2 Å². The van der Waals surface area contributed by atoms with Crippen molar-refractivity contribution in [3.05, 3.63) is 59.7 Å². The molecular weight excluding hydrogens is 528 g/mol. The zero-order valence-corrected chi connectivity index (χ0v) is 28.1. The highest BCUT2D eigenvalue weighted by Crippen LogP contribution is 2.23. The second-order valence-electron chi connectivity index (χ2n) is 13.5. The first-order chi connectivity index (χ1) is 20.8. The molecule has 0 aliphatic carbocycles. The van der Waals surface area contributed by atoms with Crippen molar-refractivity contribution in [3.63, 3.8) is 0 Å². The van der Waals surface area contributed by atoms with E-state index in [0.29, 0.717) is 23.4 Å². The van der Waals surface area contributed by atoms with Crippen LogP contribution in [-0.4, -0.2) is 11.8 Å². The average molecular weight is 591 g/mol.